The maximum Gasteiger partial charge on any atom is 0.235 e. The molecule has 0 fully saturated rings. The van der Waals surface area contributed by atoms with E-state index in [1.54, 1.807) is 4.68 Å². The summed E-state index contributed by atoms with van der Waals surface area (Å²) < 4.78 is 1.76. The number of benzene rings is 1. The summed E-state index contributed by atoms with van der Waals surface area (Å²) in [6, 6.07) is 7.98. The number of hydrogen-bond donors (Lipinski definition) is 1. The largest absolute Gasteiger partial charge is 0.351 e. The number of nitrogens with zero attached hydrogens (tertiary/aromatic N) is 2. The van der Waals surface area contributed by atoms with Crippen molar-refractivity contribution in [2.75, 3.05) is 5.88 Å². The highest BCUT2D eigenvalue weighted by Gasteiger charge is 2.03. The fourth-order valence-corrected chi connectivity index (χ4v) is 1.77. The van der Waals surface area contributed by atoms with Gasteiger partial charge in [-0.15, -0.1) is 11.6 Å². The molecule has 0 aliphatic rings. The van der Waals surface area contributed by atoms with Crippen molar-refractivity contribution in [3.8, 4) is 11.1 Å². The number of hydrogen-bond acceptors (Lipinski definition) is 2. The number of aromatic nitrogens is 2. The summed E-state index contributed by atoms with van der Waals surface area (Å²) in [7, 11) is 1.88. The van der Waals surface area contributed by atoms with Crippen LogP contribution in [-0.4, -0.2) is 21.6 Å². The van der Waals surface area contributed by atoms with Crippen LogP contribution < -0.4 is 5.32 Å². The van der Waals surface area contributed by atoms with E-state index in [1.165, 1.54) is 0 Å². The lowest BCUT2D eigenvalue weighted by Crippen LogP contribution is -2.23. The number of carbonyl (C=O) groups is 1. The summed E-state index contributed by atoms with van der Waals surface area (Å²) in [6.45, 7) is 0.486. The van der Waals surface area contributed by atoms with Crippen LogP contribution in [-0.2, 0) is 18.4 Å². The molecule has 0 bridgehead atoms. The second-order valence-electron chi connectivity index (χ2n) is 4.01. The van der Waals surface area contributed by atoms with Crippen molar-refractivity contribution < 1.29 is 4.79 Å². The molecule has 18 heavy (non-hydrogen) atoms. The standard InChI is InChI=1S/C13H14ClN3O/c1-17-9-12(8-16-17)11-4-2-3-10(5-11)7-15-13(18)6-14/h2-5,8-9H,6-7H2,1H3,(H,15,18). The monoisotopic (exact) mass is 263 g/mol. The molecule has 1 aromatic heterocycles. The Hall–Kier alpha value is -1.81. The molecule has 4 nitrogen and oxygen atoms in total. The number of alkyl halides is 1. The SMILES string of the molecule is Cn1cc(-c2cccc(CNC(=O)CCl)c2)cn1. The Morgan fingerprint density at radius 1 is 1.44 bits per heavy atom. The third-order valence-electron chi connectivity index (χ3n) is 2.58. The first-order valence-electron chi connectivity index (χ1n) is 5.59. The highest BCUT2D eigenvalue weighted by Crippen LogP contribution is 2.19. The Kier molecular flexibility index (Phi) is 3.99. The number of carbonyl (C=O) groups excluding carboxylic acids is 1. The number of nitrogens with one attached hydrogen (secondary N) is 1. The fourth-order valence-electron chi connectivity index (χ4n) is 1.68. The van der Waals surface area contributed by atoms with Gasteiger partial charge in [0.1, 0.15) is 5.88 Å². The number of rotatable bonds is 4. The first kappa shape index (κ1) is 12.6. The minimum Gasteiger partial charge on any atom is -0.351 e. The van der Waals surface area contributed by atoms with Crippen LogP contribution in [0.5, 0.6) is 0 Å². The molecule has 0 atom stereocenters. The van der Waals surface area contributed by atoms with E-state index in [1.807, 2.05) is 43.7 Å². The minimum absolute atomic E-state index is 0.0116. The Bertz CT molecular complexity index is 551. The Balaban J connectivity index is 2.12. The molecular weight excluding hydrogens is 250 g/mol. The third-order valence-corrected chi connectivity index (χ3v) is 2.82. The second-order valence-corrected chi connectivity index (χ2v) is 4.28. The van der Waals surface area contributed by atoms with Crippen LogP contribution in [0.4, 0.5) is 0 Å². The van der Waals surface area contributed by atoms with E-state index in [2.05, 4.69) is 10.4 Å². The van der Waals surface area contributed by atoms with Crippen molar-refractivity contribution in [1.82, 2.24) is 15.1 Å². The van der Waals surface area contributed by atoms with Gasteiger partial charge < -0.3 is 5.32 Å². The van der Waals surface area contributed by atoms with Gasteiger partial charge in [0, 0.05) is 25.4 Å². The van der Waals surface area contributed by atoms with Crippen LogP contribution in [0.15, 0.2) is 36.7 Å². The molecule has 1 N–H and O–H groups in total. The highest BCUT2D eigenvalue weighted by molar-refractivity contribution is 6.27. The zero-order chi connectivity index (χ0) is 13.0. The number of halogens is 1. The van der Waals surface area contributed by atoms with Crippen molar-refractivity contribution in [3.63, 3.8) is 0 Å². The van der Waals surface area contributed by atoms with E-state index in [9.17, 15) is 4.79 Å². The molecule has 0 saturated carbocycles. The number of aryl methyl sites for hydroxylation is 1. The van der Waals surface area contributed by atoms with Gasteiger partial charge in [0.25, 0.3) is 0 Å². The fraction of sp³-hybridized carbons (Fsp3) is 0.231. The molecule has 0 unspecified atom stereocenters. The Morgan fingerprint density at radius 3 is 2.94 bits per heavy atom. The number of amides is 1. The summed E-state index contributed by atoms with van der Waals surface area (Å²) in [5.41, 5.74) is 3.18. The first-order valence-corrected chi connectivity index (χ1v) is 6.13. The normalized spacial score (nSPS) is 10.3. The van der Waals surface area contributed by atoms with E-state index in [0.29, 0.717) is 6.54 Å². The maximum atomic E-state index is 11.1. The van der Waals surface area contributed by atoms with Gasteiger partial charge in [0.2, 0.25) is 5.91 Å². The lowest BCUT2D eigenvalue weighted by molar-refractivity contribution is -0.118. The van der Waals surface area contributed by atoms with Gasteiger partial charge in [-0.05, 0) is 17.2 Å². The van der Waals surface area contributed by atoms with E-state index in [4.69, 9.17) is 11.6 Å². The van der Waals surface area contributed by atoms with Crippen LogP contribution in [0, 0.1) is 0 Å². The van der Waals surface area contributed by atoms with Crippen LogP contribution >= 0.6 is 11.6 Å². The molecule has 1 aromatic carbocycles. The molecule has 1 heterocycles. The molecule has 0 spiro atoms. The first-order chi connectivity index (χ1) is 8.69. The summed E-state index contributed by atoms with van der Waals surface area (Å²) >= 11 is 5.43. The van der Waals surface area contributed by atoms with E-state index in [-0.39, 0.29) is 11.8 Å². The lowest BCUT2D eigenvalue weighted by Gasteiger charge is -2.05. The third kappa shape index (κ3) is 3.11. The van der Waals surface area contributed by atoms with E-state index in [0.717, 1.165) is 16.7 Å². The Labute approximate surface area is 111 Å². The minimum atomic E-state index is -0.163. The van der Waals surface area contributed by atoms with Gasteiger partial charge in [0.05, 0.1) is 6.20 Å². The molecule has 5 heteroatoms. The maximum absolute atomic E-state index is 11.1. The van der Waals surface area contributed by atoms with Crippen molar-refractivity contribution in [2.45, 2.75) is 6.54 Å². The van der Waals surface area contributed by atoms with Crippen LogP contribution in [0.1, 0.15) is 5.56 Å². The molecule has 0 aliphatic heterocycles. The van der Waals surface area contributed by atoms with Gasteiger partial charge in [-0.1, -0.05) is 18.2 Å². The van der Waals surface area contributed by atoms with Crippen LogP contribution in [0.2, 0.25) is 0 Å². The van der Waals surface area contributed by atoms with Crippen molar-refractivity contribution >= 4 is 17.5 Å². The molecule has 0 radical (unpaired) electrons. The quantitative estimate of drug-likeness (QED) is 0.857. The molecular formula is C13H14ClN3O. The molecule has 94 valence electrons. The molecule has 0 aliphatic carbocycles. The highest BCUT2D eigenvalue weighted by atomic mass is 35.5. The zero-order valence-corrected chi connectivity index (χ0v) is 10.8. The van der Waals surface area contributed by atoms with Crippen LogP contribution in [0.25, 0.3) is 11.1 Å². The van der Waals surface area contributed by atoms with Crippen molar-refractivity contribution in [1.29, 1.82) is 0 Å². The van der Waals surface area contributed by atoms with Gasteiger partial charge in [0.15, 0.2) is 0 Å². The van der Waals surface area contributed by atoms with E-state index < -0.39 is 0 Å². The predicted octanol–water partition coefficient (Wildman–Crippen LogP) is 1.94. The summed E-state index contributed by atoms with van der Waals surface area (Å²) in [4.78, 5) is 11.1. The molecule has 2 rings (SSSR count). The average molecular weight is 264 g/mol. The van der Waals surface area contributed by atoms with Gasteiger partial charge >= 0.3 is 0 Å². The van der Waals surface area contributed by atoms with Gasteiger partial charge in [-0.25, -0.2) is 0 Å². The smallest absolute Gasteiger partial charge is 0.235 e. The predicted molar refractivity (Wildman–Crippen MR) is 71.2 cm³/mol. The summed E-state index contributed by atoms with van der Waals surface area (Å²) in [5, 5.41) is 6.88. The summed E-state index contributed by atoms with van der Waals surface area (Å²) in [6.07, 6.45) is 3.77. The topological polar surface area (TPSA) is 46.9 Å². The van der Waals surface area contributed by atoms with Gasteiger partial charge in [-0.3, -0.25) is 9.48 Å². The van der Waals surface area contributed by atoms with Crippen LogP contribution in [0.3, 0.4) is 0 Å². The van der Waals surface area contributed by atoms with E-state index >= 15 is 0 Å². The lowest BCUT2D eigenvalue weighted by atomic mass is 10.1. The molecule has 0 saturated heterocycles. The van der Waals surface area contributed by atoms with Gasteiger partial charge in [-0.2, -0.15) is 5.10 Å². The Morgan fingerprint density at radius 2 is 2.28 bits per heavy atom. The van der Waals surface area contributed by atoms with Crippen molar-refractivity contribution in [2.24, 2.45) is 7.05 Å². The molecule has 2 aromatic rings. The average Bonchev–Trinajstić information content (AvgIpc) is 2.83. The summed E-state index contributed by atoms with van der Waals surface area (Å²) in [5.74, 6) is -0.175. The zero-order valence-electron chi connectivity index (χ0n) is 10.1. The molecule has 1 amide bonds. The van der Waals surface area contributed by atoms with Crippen molar-refractivity contribution in [3.05, 3.63) is 42.2 Å². The second kappa shape index (κ2) is 5.69.